The van der Waals surface area contributed by atoms with Crippen LogP contribution in [-0.4, -0.2) is 79.5 Å². The summed E-state index contributed by atoms with van der Waals surface area (Å²) < 4.78 is 5.29. The van der Waals surface area contributed by atoms with E-state index in [-0.39, 0.29) is 23.8 Å². The number of carbonyl (C=O) groups is 2. The molecule has 3 fully saturated rings. The average Bonchev–Trinajstić information content (AvgIpc) is 3.13. The number of fused-ring (bicyclic) bond motifs is 1. The summed E-state index contributed by atoms with van der Waals surface area (Å²) in [6.45, 7) is 4.56. The lowest BCUT2D eigenvalue weighted by Gasteiger charge is -2.46. The van der Waals surface area contributed by atoms with Gasteiger partial charge in [0.2, 0.25) is 11.8 Å². The molecule has 32 heavy (non-hydrogen) atoms. The summed E-state index contributed by atoms with van der Waals surface area (Å²) in [5.74, 6) is 0.412. The number of piperidine rings is 2. The van der Waals surface area contributed by atoms with Crippen molar-refractivity contribution in [1.82, 2.24) is 14.7 Å². The highest BCUT2D eigenvalue weighted by Crippen LogP contribution is 2.39. The zero-order valence-electron chi connectivity index (χ0n) is 19.7. The third-order valence-corrected chi connectivity index (χ3v) is 7.82. The van der Waals surface area contributed by atoms with Crippen LogP contribution in [-0.2, 0) is 14.3 Å². The molecule has 0 bridgehead atoms. The van der Waals surface area contributed by atoms with Crippen molar-refractivity contribution in [3.8, 4) is 0 Å². The lowest BCUT2D eigenvalue weighted by Crippen LogP contribution is -2.52. The summed E-state index contributed by atoms with van der Waals surface area (Å²) in [7, 11) is 3.55. The van der Waals surface area contributed by atoms with E-state index in [9.17, 15) is 9.59 Å². The van der Waals surface area contributed by atoms with Gasteiger partial charge in [0, 0.05) is 46.3 Å². The summed E-state index contributed by atoms with van der Waals surface area (Å²) in [5, 5.41) is 0. The molecule has 0 radical (unpaired) electrons. The molecular weight excluding hydrogens is 402 g/mol. The Kier molecular flexibility index (Phi) is 7.84. The van der Waals surface area contributed by atoms with Crippen molar-refractivity contribution in [3.63, 3.8) is 0 Å². The van der Waals surface area contributed by atoms with Crippen molar-refractivity contribution in [1.29, 1.82) is 0 Å². The minimum absolute atomic E-state index is 0.0603. The zero-order valence-corrected chi connectivity index (χ0v) is 19.7. The van der Waals surface area contributed by atoms with Crippen molar-refractivity contribution in [3.05, 3.63) is 35.9 Å². The Morgan fingerprint density at radius 3 is 2.69 bits per heavy atom. The van der Waals surface area contributed by atoms with E-state index in [1.54, 1.807) is 12.0 Å². The molecule has 0 aromatic heterocycles. The molecule has 4 rings (SSSR count). The molecule has 2 amide bonds. The number of carbonyl (C=O) groups excluding carboxylic acids is 2. The lowest BCUT2D eigenvalue weighted by molar-refractivity contribution is -0.138. The predicted molar refractivity (Wildman–Crippen MR) is 125 cm³/mol. The van der Waals surface area contributed by atoms with Crippen LogP contribution < -0.4 is 0 Å². The van der Waals surface area contributed by atoms with Gasteiger partial charge in [-0.3, -0.25) is 9.59 Å². The van der Waals surface area contributed by atoms with Crippen LogP contribution in [0.1, 0.15) is 56.6 Å². The molecule has 0 aliphatic carbocycles. The molecule has 0 N–H and O–H groups in total. The molecule has 0 unspecified atom stereocenters. The van der Waals surface area contributed by atoms with Gasteiger partial charge < -0.3 is 19.4 Å². The van der Waals surface area contributed by atoms with Crippen LogP contribution in [0.5, 0.6) is 0 Å². The number of methoxy groups -OCH3 is 1. The standard InChI is InChI=1S/C26H39N3O3/c1-27-24(30)18-22(25(27)20-10-4-3-5-11-20)26(31)29(16-9-17-32-2)19-21-12-8-15-28-14-7-6-13-23(21)28/h3-5,10-11,21-23,25H,6-9,12-19H2,1-2H3/t21-,22-,23+,25-/m0/s1. The number of rotatable bonds is 8. The van der Waals surface area contributed by atoms with Crippen LogP contribution >= 0.6 is 0 Å². The molecule has 3 aliphatic rings. The van der Waals surface area contributed by atoms with E-state index < -0.39 is 0 Å². The smallest absolute Gasteiger partial charge is 0.228 e. The highest BCUT2D eigenvalue weighted by molar-refractivity contribution is 5.90. The molecule has 6 nitrogen and oxygen atoms in total. The molecule has 3 saturated heterocycles. The van der Waals surface area contributed by atoms with E-state index in [0.717, 1.165) is 18.5 Å². The number of hydrogen-bond donors (Lipinski definition) is 0. The highest BCUT2D eigenvalue weighted by Gasteiger charge is 2.45. The Morgan fingerprint density at radius 1 is 1.12 bits per heavy atom. The second-order valence-corrected chi connectivity index (χ2v) is 9.80. The Hall–Kier alpha value is -1.92. The number of nitrogens with zero attached hydrogens (tertiary/aromatic N) is 3. The van der Waals surface area contributed by atoms with E-state index in [1.807, 2.05) is 37.4 Å². The zero-order chi connectivity index (χ0) is 22.5. The minimum atomic E-state index is -0.316. The van der Waals surface area contributed by atoms with Gasteiger partial charge in [0.1, 0.15) is 0 Å². The molecule has 0 spiro atoms. The third-order valence-electron chi connectivity index (χ3n) is 7.82. The van der Waals surface area contributed by atoms with E-state index >= 15 is 0 Å². The fourth-order valence-electron chi connectivity index (χ4n) is 6.20. The van der Waals surface area contributed by atoms with Crippen LogP contribution in [0.25, 0.3) is 0 Å². The van der Waals surface area contributed by atoms with Crippen molar-refractivity contribution >= 4 is 11.8 Å². The van der Waals surface area contributed by atoms with Crippen molar-refractivity contribution in [2.75, 3.05) is 46.9 Å². The molecule has 1 aromatic carbocycles. The van der Waals surface area contributed by atoms with Gasteiger partial charge in [-0.15, -0.1) is 0 Å². The first-order valence-electron chi connectivity index (χ1n) is 12.4. The van der Waals surface area contributed by atoms with E-state index in [0.29, 0.717) is 31.5 Å². The van der Waals surface area contributed by atoms with E-state index in [2.05, 4.69) is 9.80 Å². The number of likely N-dealkylation sites (tertiary alicyclic amines) is 1. The molecule has 1 aromatic rings. The normalized spacial score (nSPS) is 28.6. The maximum absolute atomic E-state index is 13.9. The minimum Gasteiger partial charge on any atom is -0.385 e. The van der Waals surface area contributed by atoms with Crippen LogP contribution in [0.15, 0.2) is 30.3 Å². The van der Waals surface area contributed by atoms with Crippen molar-refractivity contribution < 1.29 is 14.3 Å². The van der Waals surface area contributed by atoms with Gasteiger partial charge in [0.25, 0.3) is 0 Å². The highest BCUT2D eigenvalue weighted by atomic mass is 16.5. The second-order valence-electron chi connectivity index (χ2n) is 9.80. The van der Waals surface area contributed by atoms with E-state index in [1.165, 1.54) is 45.2 Å². The molecule has 3 heterocycles. The predicted octanol–water partition coefficient (Wildman–Crippen LogP) is 3.34. The molecule has 4 atom stereocenters. The number of hydrogen-bond acceptors (Lipinski definition) is 4. The maximum atomic E-state index is 13.9. The number of ether oxygens (including phenoxy) is 1. The summed E-state index contributed by atoms with van der Waals surface area (Å²) in [6.07, 6.45) is 7.40. The summed E-state index contributed by atoms with van der Waals surface area (Å²) in [4.78, 5) is 33.1. The monoisotopic (exact) mass is 441 g/mol. The summed E-state index contributed by atoms with van der Waals surface area (Å²) in [6, 6.07) is 10.5. The second kappa shape index (κ2) is 10.8. The first-order valence-corrected chi connectivity index (χ1v) is 12.4. The van der Waals surface area contributed by atoms with Crippen LogP contribution in [0.2, 0.25) is 0 Å². The Morgan fingerprint density at radius 2 is 1.91 bits per heavy atom. The molecule has 3 aliphatic heterocycles. The van der Waals surface area contributed by atoms with Crippen molar-refractivity contribution in [2.24, 2.45) is 11.8 Å². The summed E-state index contributed by atoms with van der Waals surface area (Å²) >= 11 is 0. The van der Waals surface area contributed by atoms with Gasteiger partial charge in [-0.05, 0) is 56.7 Å². The first-order chi connectivity index (χ1) is 15.6. The number of benzene rings is 1. The molecular formula is C26H39N3O3. The van der Waals surface area contributed by atoms with Crippen LogP contribution in [0.3, 0.4) is 0 Å². The maximum Gasteiger partial charge on any atom is 0.228 e. The summed E-state index contributed by atoms with van der Waals surface area (Å²) in [5.41, 5.74) is 1.05. The topological polar surface area (TPSA) is 53.1 Å². The Bertz CT molecular complexity index is 769. The van der Waals surface area contributed by atoms with Gasteiger partial charge in [-0.2, -0.15) is 0 Å². The molecule has 6 heteroatoms. The van der Waals surface area contributed by atoms with Gasteiger partial charge in [-0.1, -0.05) is 36.8 Å². The van der Waals surface area contributed by atoms with Gasteiger partial charge in [0.15, 0.2) is 0 Å². The first kappa shape index (κ1) is 23.2. The number of amides is 2. The quantitative estimate of drug-likeness (QED) is 0.581. The van der Waals surface area contributed by atoms with Gasteiger partial charge in [0.05, 0.1) is 12.0 Å². The Balaban J connectivity index is 1.53. The van der Waals surface area contributed by atoms with Gasteiger partial charge >= 0.3 is 0 Å². The largest absolute Gasteiger partial charge is 0.385 e. The van der Waals surface area contributed by atoms with Crippen LogP contribution in [0, 0.1) is 11.8 Å². The third kappa shape index (κ3) is 5.01. The molecule has 0 saturated carbocycles. The fourth-order valence-corrected chi connectivity index (χ4v) is 6.20. The van der Waals surface area contributed by atoms with Crippen molar-refractivity contribution in [2.45, 2.75) is 57.0 Å². The fraction of sp³-hybridized carbons (Fsp3) is 0.692. The lowest BCUT2D eigenvalue weighted by atomic mass is 9.83. The average molecular weight is 442 g/mol. The van der Waals surface area contributed by atoms with Crippen LogP contribution in [0.4, 0.5) is 0 Å². The SMILES string of the molecule is COCCCN(C[C@@H]1CCCN2CCCC[C@H]12)C(=O)[C@H]1CC(=O)N(C)[C@H]1c1ccccc1. The van der Waals surface area contributed by atoms with Gasteiger partial charge in [-0.25, -0.2) is 0 Å². The molecule has 176 valence electrons. The van der Waals surface area contributed by atoms with E-state index in [4.69, 9.17) is 4.74 Å². The Labute approximate surface area is 192 Å².